The van der Waals surface area contributed by atoms with Gasteiger partial charge in [0.15, 0.2) is 5.90 Å². The molecule has 2 aliphatic heterocycles. The van der Waals surface area contributed by atoms with E-state index in [2.05, 4.69) is 17.1 Å². The van der Waals surface area contributed by atoms with Crippen LogP contribution in [0, 0.1) is 5.92 Å². The van der Waals surface area contributed by atoms with Crippen molar-refractivity contribution < 1.29 is 9.53 Å². The van der Waals surface area contributed by atoms with Crippen LogP contribution in [0.2, 0.25) is 0 Å². The van der Waals surface area contributed by atoms with E-state index < -0.39 is 0 Å². The largest absolute Gasteiger partial charge is 0.470 e. The fourth-order valence-electron chi connectivity index (χ4n) is 4.36. The van der Waals surface area contributed by atoms with E-state index in [0.29, 0.717) is 12.0 Å². The smallest absolute Gasteiger partial charge is 0.251 e. The van der Waals surface area contributed by atoms with Gasteiger partial charge in [0.1, 0.15) is 6.10 Å². The van der Waals surface area contributed by atoms with Crippen molar-refractivity contribution in [3.8, 4) is 0 Å². The predicted molar refractivity (Wildman–Crippen MR) is 98.3 cm³/mol. The molecule has 1 saturated carbocycles. The molecule has 0 aromatic carbocycles. The summed E-state index contributed by atoms with van der Waals surface area (Å²) in [5, 5.41) is 3.17. The number of hydrogen-bond acceptors (Lipinski definition) is 4. The molecule has 2 fully saturated rings. The molecular formula is C20H29N3O2. The highest BCUT2D eigenvalue weighted by molar-refractivity contribution is 5.97. The van der Waals surface area contributed by atoms with Crippen LogP contribution < -0.4 is 5.32 Å². The quantitative estimate of drug-likeness (QED) is 0.854. The zero-order valence-corrected chi connectivity index (χ0v) is 15.2. The van der Waals surface area contributed by atoms with Crippen LogP contribution in [0.3, 0.4) is 0 Å². The molecule has 1 atom stereocenters. The molecule has 4 rings (SSSR count). The van der Waals surface area contributed by atoms with E-state index in [9.17, 15) is 4.79 Å². The third kappa shape index (κ3) is 3.66. The van der Waals surface area contributed by atoms with Gasteiger partial charge in [0.2, 0.25) is 0 Å². The topological polar surface area (TPSA) is 53.9 Å². The Labute approximate surface area is 150 Å². The Morgan fingerprint density at radius 1 is 1.28 bits per heavy atom. The van der Waals surface area contributed by atoms with E-state index in [0.717, 1.165) is 68.9 Å². The molecule has 0 spiro atoms. The third-order valence-corrected chi connectivity index (χ3v) is 6.02. The predicted octanol–water partition coefficient (Wildman–Crippen LogP) is 2.79. The number of piperidine rings is 1. The summed E-state index contributed by atoms with van der Waals surface area (Å²) in [6.07, 6.45) is 11.6. The minimum absolute atomic E-state index is 0.0160. The standard InChI is InChI=1S/C20H29N3O2/c1-2-23-11-9-14(10-12-23)20-22-17-13-15(7-8-18(17)25-20)19(24)21-16-5-3-4-6-16/h7,13-14,16,18H,2-6,8-12H2,1H3,(H,21,24). The monoisotopic (exact) mass is 343 g/mol. The van der Waals surface area contributed by atoms with Crippen LogP contribution in [0.5, 0.6) is 0 Å². The highest BCUT2D eigenvalue weighted by Crippen LogP contribution is 2.32. The number of hydrogen-bond donors (Lipinski definition) is 1. The van der Waals surface area contributed by atoms with Crippen molar-refractivity contribution in [2.24, 2.45) is 10.9 Å². The molecule has 0 bridgehead atoms. The highest BCUT2D eigenvalue weighted by atomic mass is 16.5. The van der Waals surface area contributed by atoms with Crippen molar-refractivity contribution in [1.82, 2.24) is 10.2 Å². The van der Waals surface area contributed by atoms with Crippen LogP contribution in [0.25, 0.3) is 0 Å². The molecule has 0 aromatic rings. The van der Waals surface area contributed by atoms with E-state index in [-0.39, 0.29) is 12.0 Å². The lowest BCUT2D eigenvalue weighted by Crippen LogP contribution is -2.36. The molecule has 4 aliphatic rings. The fourth-order valence-corrected chi connectivity index (χ4v) is 4.36. The van der Waals surface area contributed by atoms with Crippen LogP contribution in [-0.4, -0.2) is 48.5 Å². The van der Waals surface area contributed by atoms with Crippen LogP contribution in [0.1, 0.15) is 51.9 Å². The summed E-state index contributed by atoms with van der Waals surface area (Å²) in [5.41, 5.74) is 1.69. The number of fused-ring (bicyclic) bond motifs is 1. The maximum Gasteiger partial charge on any atom is 0.251 e. The summed E-state index contributed by atoms with van der Waals surface area (Å²) in [6, 6.07) is 0.354. The van der Waals surface area contributed by atoms with E-state index in [1.54, 1.807) is 0 Å². The van der Waals surface area contributed by atoms with Gasteiger partial charge in [-0.1, -0.05) is 25.8 Å². The molecular weight excluding hydrogens is 314 g/mol. The van der Waals surface area contributed by atoms with E-state index in [1.165, 1.54) is 12.8 Å². The fraction of sp³-hybridized carbons (Fsp3) is 0.700. The van der Waals surface area contributed by atoms with Gasteiger partial charge in [-0.15, -0.1) is 0 Å². The summed E-state index contributed by atoms with van der Waals surface area (Å²) in [5.74, 6) is 1.39. The second-order valence-electron chi connectivity index (χ2n) is 7.68. The molecule has 1 saturated heterocycles. The Balaban J connectivity index is 1.39. The summed E-state index contributed by atoms with van der Waals surface area (Å²) in [4.78, 5) is 19.7. The van der Waals surface area contributed by atoms with Gasteiger partial charge in [-0.05, 0) is 51.4 Å². The summed E-state index contributed by atoms with van der Waals surface area (Å²) in [6.45, 7) is 5.59. The molecule has 1 amide bonds. The van der Waals surface area contributed by atoms with Gasteiger partial charge in [0, 0.05) is 24.0 Å². The number of amides is 1. The molecule has 0 radical (unpaired) electrons. The molecule has 1 unspecified atom stereocenters. The normalized spacial score (nSPS) is 28.0. The number of nitrogens with zero attached hydrogens (tertiary/aromatic N) is 2. The van der Waals surface area contributed by atoms with Crippen molar-refractivity contribution in [3.63, 3.8) is 0 Å². The minimum Gasteiger partial charge on any atom is -0.470 e. The Hall–Kier alpha value is -1.62. The SMILES string of the molecule is CCN1CCC(C2=NC3=CC(C(=O)NC4CCCC4)=CCC3O2)CC1. The zero-order chi connectivity index (χ0) is 17.2. The molecule has 25 heavy (non-hydrogen) atoms. The molecule has 2 aliphatic carbocycles. The molecule has 0 aromatic heterocycles. The zero-order valence-electron chi connectivity index (χ0n) is 15.2. The van der Waals surface area contributed by atoms with Crippen molar-refractivity contribution in [2.45, 2.75) is 64.0 Å². The van der Waals surface area contributed by atoms with Crippen molar-refractivity contribution in [1.29, 1.82) is 0 Å². The number of ether oxygens (including phenoxy) is 1. The third-order valence-electron chi connectivity index (χ3n) is 6.02. The Morgan fingerprint density at radius 3 is 2.76 bits per heavy atom. The molecule has 2 heterocycles. The van der Waals surface area contributed by atoms with Crippen molar-refractivity contribution >= 4 is 11.8 Å². The number of rotatable bonds is 4. The van der Waals surface area contributed by atoms with E-state index >= 15 is 0 Å². The Kier molecular flexibility index (Phi) is 4.93. The second-order valence-corrected chi connectivity index (χ2v) is 7.68. The van der Waals surface area contributed by atoms with Gasteiger partial charge in [-0.3, -0.25) is 4.79 Å². The van der Waals surface area contributed by atoms with Crippen LogP contribution >= 0.6 is 0 Å². The van der Waals surface area contributed by atoms with E-state index in [4.69, 9.17) is 9.73 Å². The lowest BCUT2D eigenvalue weighted by atomic mass is 9.97. The van der Waals surface area contributed by atoms with Gasteiger partial charge in [-0.25, -0.2) is 4.99 Å². The van der Waals surface area contributed by atoms with Gasteiger partial charge in [0.05, 0.1) is 5.70 Å². The number of carbonyl (C=O) groups is 1. The Bertz CT molecular complexity index is 608. The van der Waals surface area contributed by atoms with Crippen LogP contribution in [-0.2, 0) is 9.53 Å². The maximum absolute atomic E-state index is 12.5. The first-order valence-corrected chi connectivity index (χ1v) is 9.93. The van der Waals surface area contributed by atoms with Gasteiger partial charge < -0.3 is 15.0 Å². The first-order valence-electron chi connectivity index (χ1n) is 9.93. The van der Waals surface area contributed by atoms with Gasteiger partial charge in [0.25, 0.3) is 5.91 Å². The number of carbonyl (C=O) groups excluding carboxylic acids is 1. The van der Waals surface area contributed by atoms with Crippen LogP contribution in [0.15, 0.2) is 28.4 Å². The van der Waals surface area contributed by atoms with Crippen LogP contribution in [0.4, 0.5) is 0 Å². The second kappa shape index (κ2) is 7.32. The maximum atomic E-state index is 12.5. The molecule has 5 nitrogen and oxygen atoms in total. The number of likely N-dealkylation sites (tertiary alicyclic amines) is 1. The van der Waals surface area contributed by atoms with E-state index in [1.807, 2.05) is 12.2 Å². The first-order chi connectivity index (χ1) is 12.2. The highest BCUT2D eigenvalue weighted by Gasteiger charge is 2.34. The lowest BCUT2D eigenvalue weighted by molar-refractivity contribution is -0.117. The average molecular weight is 343 g/mol. The molecule has 5 heteroatoms. The first kappa shape index (κ1) is 16.8. The molecule has 136 valence electrons. The molecule has 1 N–H and O–H groups in total. The Morgan fingerprint density at radius 2 is 2.04 bits per heavy atom. The van der Waals surface area contributed by atoms with Crippen molar-refractivity contribution in [2.75, 3.05) is 19.6 Å². The summed E-state index contributed by atoms with van der Waals surface area (Å²) < 4.78 is 6.12. The number of aliphatic imine (C=N–C) groups is 1. The summed E-state index contributed by atoms with van der Waals surface area (Å²) >= 11 is 0. The summed E-state index contributed by atoms with van der Waals surface area (Å²) in [7, 11) is 0. The van der Waals surface area contributed by atoms with Crippen molar-refractivity contribution in [3.05, 3.63) is 23.4 Å². The number of nitrogens with one attached hydrogen (secondary N) is 1. The average Bonchev–Trinajstić information content (AvgIpc) is 3.30. The van der Waals surface area contributed by atoms with Gasteiger partial charge in [-0.2, -0.15) is 0 Å². The minimum atomic E-state index is 0.0160. The van der Waals surface area contributed by atoms with Gasteiger partial charge >= 0.3 is 0 Å². The lowest BCUT2D eigenvalue weighted by Gasteiger charge is -2.30.